The molecule has 100 valence electrons. The van der Waals surface area contributed by atoms with E-state index in [0.717, 1.165) is 11.3 Å². The van der Waals surface area contributed by atoms with Crippen LogP contribution in [0.25, 0.3) is 0 Å². The number of Topliss-reactive ketones (excluding diaryl/α,β-unsaturated/α-hetero) is 2. The largest absolute Gasteiger partial charge is 0.478 e. The molecule has 2 rings (SSSR count). The number of hydrogen-bond donors (Lipinski definition) is 0. The van der Waals surface area contributed by atoms with Crippen LogP contribution in [-0.2, 0) is 14.3 Å². The molecule has 1 aromatic carbocycles. The van der Waals surface area contributed by atoms with E-state index in [1.807, 2.05) is 37.3 Å². The minimum atomic E-state index is -0.286. The summed E-state index contributed by atoms with van der Waals surface area (Å²) in [5.41, 5.74) is 1.19. The Morgan fingerprint density at radius 1 is 1.37 bits per heavy atom. The molecule has 1 aromatic rings. The van der Waals surface area contributed by atoms with E-state index in [9.17, 15) is 9.59 Å². The van der Waals surface area contributed by atoms with Crippen molar-refractivity contribution in [3.63, 3.8) is 0 Å². The molecule has 0 radical (unpaired) electrons. The van der Waals surface area contributed by atoms with E-state index in [1.54, 1.807) is 0 Å². The number of thioether (sulfide) groups is 1. The number of hydrogen-bond acceptors (Lipinski definition) is 4. The van der Waals surface area contributed by atoms with Crippen LogP contribution in [0.3, 0.4) is 0 Å². The van der Waals surface area contributed by atoms with Gasteiger partial charge in [-0.3, -0.25) is 9.59 Å². The third-order valence-corrected chi connectivity index (χ3v) is 3.75. The van der Waals surface area contributed by atoms with Gasteiger partial charge in [-0.15, -0.1) is 0 Å². The molecule has 1 aliphatic rings. The normalized spacial score (nSPS) is 19.3. The first-order valence-corrected chi connectivity index (χ1v) is 7.24. The summed E-state index contributed by atoms with van der Waals surface area (Å²) in [6.45, 7) is 3.38. The lowest BCUT2D eigenvalue weighted by Crippen LogP contribution is -2.23. The summed E-state index contributed by atoms with van der Waals surface area (Å²) in [6.07, 6.45) is -0.0574. The second kappa shape index (κ2) is 6.06. The summed E-state index contributed by atoms with van der Waals surface area (Å²) in [5, 5.41) is 0.472. The summed E-state index contributed by atoms with van der Waals surface area (Å²) >= 11 is 1.41. The first-order valence-electron chi connectivity index (χ1n) is 6.26. The standard InChI is InChI=1S/C15H16O3S/c1-3-19-15-14(10(2)16)12(17)9-13(18-15)11-7-5-4-6-8-11/h4-8,13H,3,9H2,1-2H3. The van der Waals surface area contributed by atoms with Crippen molar-refractivity contribution in [2.24, 2.45) is 0 Å². The van der Waals surface area contributed by atoms with Gasteiger partial charge in [-0.25, -0.2) is 0 Å². The van der Waals surface area contributed by atoms with Crippen LogP contribution >= 0.6 is 11.8 Å². The predicted molar refractivity (Wildman–Crippen MR) is 75.7 cm³/mol. The SMILES string of the molecule is CCSC1=C(C(C)=O)C(=O)CC(c2ccccc2)O1. The molecule has 1 unspecified atom stereocenters. The Balaban J connectivity index is 2.32. The molecule has 19 heavy (non-hydrogen) atoms. The zero-order valence-corrected chi connectivity index (χ0v) is 11.8. The lowest BCUT2D eigenvalue weighted by atomic mass is 9.97. The minimum absolute atomic E-state index is 0.122. The molecule has 1 atom stereocenters. The Labute approximate surface area is 117 Å². The maximum absolute atomic E-state index is 12.1. The molecule has 0 amide bonds. The summed E-state index contributed by atoms with van der Waals surface area (Å²) < 4.78 is 5.86. The molecule has 0 aromatic heterocycles. The number of rotatable bonds is 4. The van der Waals surface area contributed by atoms with Crippen molar-refractivity contribution in [1.82, 2.24) is 0 Å². The molecule has 0 bridgehead atoms. The van der Waals surface area contributed by atoms with E-state index in [2.05, 4.69) is 0 Å². The number of benzene rings is 1. The lowest BCUT2D eigenvalue weighted by Gasteiger charge is -2.26. The molecular formula is C15H16O3S. The van der Waals surface area contributed by atoms with Crippen LogP contribution in [0.2, 0.25) is 0 Å². The summed E-state index contributed by atoms with van der Waals surface area (Å²) in [5.74, 6) is 0.428. The topological polar surface area (TPSA) is 43.4 Å². The van der Waals surface area contributed by atoms with Crippen molar-refractivity contribution >= 4 is 23.3 Å². The highest BCUT2D eigenvalue weighted by atomic mass is 32.2. The molecule has 1 aliphatic heterocycles. The van der Waals surface area contributed by atoms with Crippen molar-refractivity contribution < 1.29 is 14.3 Å². The molecule has 0 spiro atoms. The molecule has 4 heteroatoms. The Morgan fingerprint density at radius 3 is 2.63 bits per heavy atom. The van der Waals surface area contributed by atoms with Gasteiger partial charge in [-0.2, -0.15) is 0 Å². The number of ketones is 2. The van der Waals surface area contributed by atoms with Crippen molar-refractivity contribution in [1.29, 1.82) is 0 Å². The fraction of sp³-hybridized carbons (Fsp3) is 0.333. The highest BCUT2D eigenvalue weighted by molar-refractivity contribution is 8.02. The Hall–Kier alpha value is -1.55. The van der Waals surface area contributed by atoms with Gasteiger partial charge in [0, 0.05) is 0 Å². The highest BCUT2D eigenvalue weighted by Crippen LogP contribution is 2.36. The molecule has 0 saturated heterocycles. The maximum Gasteiger partial charge on any atom is 0.174 e. The number of allylic oxidation sites excluding steroid dienone is 1. The lowest BCUT2D eigenvalue weighted by molar-refractivity contribution is -0.123. The van der Waals surface area contributed by atoms with Gasteiger partial charge in [0.15, 0.2) is 16.7 Å². The molecule has 0 fully saturated rings. The van der Waals surface area contributed by atoms with E-state index in [-0.39, 0.29) is 29.7 Å². The smallest absolute Gasteiger partial charge is 0.174 e. The fourth-order valence-corrected chi connectivity index (χ4v) is 2.89. The van der Waals surface area contributed by atoms with Gasteiger partial charge in [-0.05, 0) is 18.2 Å². The second-order valence-electron chi connectivity index (χ2n) is 4.30. The Kier molecular flexibility index (Phi) is 4.43. The zero-order chi connectivity index (χ0) is 13.8. The Morgan fingerprint density at radius 2 is 2.05 bits per heavy atom. The van der Waals surface area contributed by atoms with E-state index in [4.69, 9.17) is 4.74 Å². The van der Waals surface area contributed by atoms with E-state index in [0.29, 0.717) is 5.09 Å². The van der Waals surface area contributed by atoms with Crippen LogP contribution in [0, 0.1) is 0 Å². The average Bonchev–Trinajstić information content (AvgIpc) is 2.39. The molecule has 0 aliphatic carbocycles. The van der Waals surface area contributed by atoms with Crippen molar-refractivity contribution in [3.05, 3.63) is 46.6 Å². The predicted octanol–water partition coefficient (Wildman–Crippen LogP) is 3.27. The van der Waals surface area contributed by atoms with Crippen LogP contribution in [0.15, 0.2) is 41.0 Å². The van der Waals surface area contributed by atoms with Gasteiger partial charge in [0.05, 0.1) is 6.42 Å². The average molecular weight is 276 g/mol. The van der Waals surface area contributed by atoms with Crippen LogP contribution < -0.4 is 0 Å². The van der Waals surface area contributed by atoms with E-state index >= 15 is 0 Å². The number of carbonyl (C=O) groups is 2. The first kappa shape index (κ1) is 13.9. The fourth-order valence-electron chi connectivity index (χ4n) is 2.05. The van der Waals surface area contributed by atoms with E-state index in [1.165, 1.54) is 18.7 Å². The van der Waals surface area contributed by atoms with Crippen LogP contribution in [-0.4, -0.2) is 17.3 Å². The van der Waals surface area contributed by atoms with Gasteiger partial charge in [-0.1, -0.05) is 49.0 Å². The molecule has 0 N–H and O–H groups in total. The van der Waals surface area contributed by atoms with Gasteiger partial charge in [0.25, 0.3) is 0 Å². The van der Waals surface area contributed by atoms with Gasteiger partial charge < -0.3 is 4.74 Å². The van der Waals surface area contributed by atoms with Crippen LogP contribution in [0.5, 0.6) is 0 Å². The molecule has 0 saturated carbocycles. The third-order valence-electron chi connectivity index (χ3n) is 2.90. The summed E-state index contributed by atoms with van der Waals surface area (Å²) in [6, 6.07) is 9.63. The van der Waals surface area contributed by atoms with Crippen LogP contribution in [0.1, 0.15) is 31.9 Å². The van der Waals surface area contributed by atoms with Crippen molar-refractivity contribution in [2.75, 3.05) is 5.75 Å². The molecule has 3 nitrogen and oxygen atoms in total. The summed E-state index contributed by atoms with van der Waals surface area (Å²) in [4.78, 5) is 23.7. The first-order chi connectivity index (χ1) is 9.13. The van der Waals surface area contributed by atoms with Crippen molar-refractivity contribution in [2.45, 2.75) is 26.4 Å². The van der Waals surface area contributed by atoms with Gasteiger partial charge in [0.2, 0.25) is 0 Å². The summed E-state index contributed by atoms with van der Waals surface area (Å²) in [7, 11) is 0. The highest BCUT2D eigenvalue weighted by Gasteiger charge is 2.32. The Bertz CT molecular complexity index is 519. The second-order valence-corrected chi connectivity index (χ2v) is 5.53. The zero-order valence-electron chi connectivity index (χ0n) is 11.0. The minimum Gasteiger partial charge on any atom is -0.478 e. The quantitative estimate of drug-likeness (QED) is 0.792. The number of ether oxygens (including phenoxy) is 1. The number of carbonyl (C=O) groups excluding carboxylic acids is 2. The van der Waals surface area contributed by atoms with Crippen LogP contribution in [0.4, 0.5) is 0 Å². The van der Waals surface area contributed by atoms with E-state index < -0.39 is 0 Å². The maximum atomic E-state index is 12.1. The van der Waals surface area contributed by atoms with Gasteiger partial charge >= 0.3 is 0 Å². The molecular weight excluding hydrogens is 260 g/mol. The molecule has 1 heterocycles. The van der Waals surface area contributed by atoms with Crippen molar-refractivity contribution in [3.8, 4) is 0 Å². The van der Waals surface area contributed by atoms with Gasteiger partial charge in [0.1, 0.15) is 11.7 Å². The third kappa shape index (κ3) is 3.07. The monoisotopic (exact) mass is 276 g/mol.